The van der Waals surface area contributed by atoms with Crippen LogP contribution in [-0.2, 0) is 17.2 Å². The first kappa shape index (κ1) is 12.6. The zero-order valence-electron chi connectivity index (χ0n) is 9.67. The number of halogens is 1. The van der Waals surface area contributed by atoms with Gasteiger partial charge in [-0.25, -0.2) is 4.79 Å². The van der Waals surface area contributed by atoms with Gasteiger partial charge in [0.2, 0.25) is 0 Å². The first-order valence-electron chi connectivity index (χ1n) is 5.51. The van der Waals surface area contributed by atoms with E-state index in [4.69, 9.17) is 16.3 Å². The van der Waals surface area contributed by atoms with Gasteiger partial charge < -0.3 is 4.74 Å². The van der Waals surface area contributed by atoms with Gasteiger partial charge in [0.15, 0.2) is 0 Å². The molecule has 4 heteroatoms. The van der Waals surface area contributed by atoms with Crippen LogP contribution in [0, 0.1) is 0 Å². The first-order chi connectivity index (χ1) is 8.81. The van der Waals surface area contributed by atoms with Crippen molar-refractivity contribution in [3.05, 3.63) is 65.5 Å². The maximum Gasteiger partial charge on any atom is 0.340 e. The minimum Gasteiger partial charge on any atom is -0.457 e. The number of benzene rings is 1. The summed E-state index contributed by atoms with van der Waals surface area (Å²) in [4.78, 5) is 15.8. The van der Waals surface area contributed by atoms with Crippen LogP contribution in [0.5, 0.6) is 0 Å². The van der Waals surface area contributed by atoms with Crippen LogP contribution in [0.4, 0.5) is 0 Å². The molecule has 0 aliphatic heterocycles. The summed E-state index contributed by atoms with van der Waals surface area (Å²) in [6.45, 7) is 0.246. The van der Waals surface area contributed by atoms with E-state index < -0.39 is 5.97 Å². The molecule has 0 aliphatic carbocycles. The lowest BCUT2D eigenvalue weighted by Gasteiger charge is -2.07. The Kier molecular flexibility index (Phi) is 4.31. The predicted molar refractivity (Wildman–Crippen MR) is 69.4 cm³/mol. The smallest absolute Gasteiger partial charge is 0.340 e. The van der Waals surface area contributed by atoms with E-state index in [0.717, 1.165) is 11.1 Å². The molecular weight excluding hydrogens is 250 g/mol. The molecule has 0 bridgehead atoms. The summed E-state index contributed by atoms with van der Waals surface area (Å²) in [5.41, 5.74) is 2.09. The van der Waals surface area contributed by atoms with Crippen molar-refractivity contribution in [3.8, 4) is 0 Å². The van der Waals surface area contributed by atoms with Gasteiger partial charge >= 0.3 is 5.97 Å². The number of carbonyl (C=O) groups is 1. The Labute approximate surface area is 110 Å². The number of hydrogen-bond donors (Lipinski definition) is 0. The number of nitrogens with zero attached hydrogens (tertiary/aromatic N) is 1. The minimum atomic E-state index is -0.400. The number of aromatic nitrogens is 1. The third-order valence-corrected chi connectivity index (χ3v) is 2.78. The zero-order valence-corrected chi connectivity index (χ0v) is 10.4. The standard InChI is InChI=1S/C14H12ClNO2/c15-8-12-6-7-16-9-13(12)14(17)18-10-11-4-2-1-3-5-11/h1-7,9H,8,10H2. The van der Waals surface area contributed by atoms with Crippen LogP contribution in [-0.4, -0.2) is 11.0 Å². The lowest BCUT2D eigenvalue weighted by atomic mass is 10.1. The van der Waals surface area contributed by atoms with E-state index in [-0.39, 0.29) is 12.5 Å². The highest BCUT2D eigenvalue weighted by Crippen LogP contribution is 2.12. The second-order valence-corrected chi connectivity index (χ2v) is 4.00. The third kappa shape index (κ3) is 3.08. The molecule has 2 rings (SSSR count). The molecule has 0 saturated carbocycles. The van der Waals surface area contributed by atoms with E-state index in [0.29, 0.717) is 5.56 Å². The Morgan fingerprint density at radius 3 is 2.72 bits per heavy atom. The molecule has 0 saturated heterocycles. The van der Waals surface area contributed by atoms with Gasteiger partial charge in [-0.2, -0.15) is 0 Å². The molecular formula is C14H12ClNO2. The summed E-state index contributed by atoms with van der Waals surface area (Å²) in [5, 5.41) is 0. The number of hydrogen-bond acceptors (Lipinski definition) is 3. The van der Waals surface area contributed by atoms with Crippen molar-refractivity contribution in [2.24, 2.45) is 0 Å². The van der Waals surface area contributed by atoms with Crippen molar-refractivity contribution in [1.29, 1.82) is 0 Å². The molecule has 0 amide bonds. The van der Waals surface area contributed by atoms with E-state index in [1.165, 1.54) is 6.20 Å². The maximum absolute atomic E-state index is 11.9. The number of carbonyl (C=O) groups excluding carboxylic acids is 1. The molecule has 1 aromatic carbocycles. The molecule has 1 heterocycles. The molecule has 2 aromatic rings. The van der Waals surface area contributed by atoms with Crippen molar-refractivity contribution in [3.63, 3.8) is 0 Å². The largest absolute Gasteiger partial charge is 0.457 e. The summed E-state index contributed by atoms with van der Waals surface area (Å²) < 4.78 is 5.22. The number of alkyl halides is 1. The second-order valence-electron chi connectivity index (χ2n) is 3.73. The topological polar surface area (TPSA) is 39.2 Å². The number of pyridine rings is 1. The van der Waals surface area contributed by atoms with Gasteiger partial charge in [-0.05, 0) is 17.2 Å². The van der Waals surface area contributed by atoms with E-state index in [1.54, 1.807) is 12.3 Å². The summed E-state index contributed by atoms with van der Waals surface area (Å²) in [7, 11) is 0. The van der Waals surface area contributed by atoms with Crippen molar-refractivity contribution < 1.29 is 9.53 Å². The van der Waals surface area contributed by atoms with Crippen LogP contribution in [0.25, 0.3) is 0 Å². The Morgan fingerprint density at radius 1 is 1.22 bits per heavy atom. The molecule has 92 valence electrons. The van der Waals surface area contributed by atoms with Gasteiger partial charge in [-0.1, -0.05) is 30.3 Å². The molecule has 0 unspecified atom stereocenters. The number of rotatable bonds is 4. The molecule has 0 spiro atoms. The Balaban J connectivity index is 2.04. The fourth-order valence-electron chi connectivity index (χ4n) is 1.52. The van der Waals surface area contributed by atoms with Crippen molar-refractivity contribution in [1.82, 2.24) is 4.98 Å². The van der Waals surface area contributed by atoms with E-state index in [2.05, 4.69) is 4.98 Å². The quantitative estimate of drug-likeness (QED) is 0.627. The molecule has 0 atom stereocenters. The van der Waals surface area contributed by atoms with Crippen LogP contribution in [0.3, 0.4) is 0 Å². The molecule has 3 nitrogen and oxygen atoms in total. The highest BCUT2D eigenvalue weighted by Gasteiger charge is 2.12. The Bertz CT molecular complexity index is 528. The van der Waals surface area contributed by atoms with Gasteiger partial charge in [0.1, 0.15) is 6.61 Å². The van der Waals surface area contributed by atoms with Gasteiger partial charge in [-0.15, -0.1) is 11.6 Å². The molecule has 0 radical (unpaired) electrons. The van der Waals surface area contributed by atoms with Gasteiger partial charge in [-0.3, -0.25) is 4.98 Å². The summed E-state index contributed by atoms with van der Waals surface area (Å²) in [6.07, 6.45) is 3.08. The van der Waals surface area contributed by atoms with Crippen LogP contribution in [0.1, 0.15) is 21.5 Å². The number of esters is 1. The average molecular weight is 262 g/mol. The van der Waals surface area contributed by atoms with Gasteiger partial charge in [0.25, 0.3) is 0 Å². The first-order valence-corrected chi connectivity index (χ1v) is 6.04. The molecule has 0 fully saturated rings. The van der Waals surface area contributed by atoms with Crippen LogP contribution < -0.4 is 0 Å². The third-order valence-electron chi connectivity index (χ3n) is 2.49. The number of ether oxygens (including phenoxy) is 1. The molecule has 0 N–H and O–H groups in total. The maximum atomic E-state index is 11.9. The van der Waals surface area contributed by atoms with Crippen molar-refractivity contribution >= 4 is 17.6 Å². The fourth-order valence-corrected chi connectivity index (χ4v) is 1.76. The van der Waals surface area contributed by atoms with Gasteiger partial charge in [0.05, 0.1) is 5.56 Å². The molecule has 1 aromatic heterocycles. The lowest BCUT2D eigenvalue weighted by Crippen LogP contribution is -2.08. The highest BCUT2D eigenvalue weighted by atomic mass is 35.5. The molecule has 0 aliphatic rings. The van der Waals surface area contributed by atoms with Crippen LogP contribution in [0.15, 0.2) is 48.8 Å². The summed E-state index contributed by atoms with van der Waals surface area (Å²) in [6, 6.07) is 11.2. The average Bonchev–Trinajstić information content (AvgIpc) is 2.45. The highest BCUT2D eigenvalue weighted by molar-refractivity contribution is 6.17. The van der Waals surface area contributed by atoms with E-state index >= 15 is 0 Å². The normalized spacial score (nSPS) is 10.1. The lowest BCUT2D eigenvalue weighted by molar-refractivity contribution is 0.0471. The van der Waals surface area contributed by atoms with Crippen molar-refractivity contribution in [2.45, 2.75) is 12.5 Å². The zero-order chi connectivity index (χ0) is 12.8. The Hall–Kier alpha value is -1.87. The Morgan fingerprint density at radius 2 is 2.00 bits per heavy atom. The predicted octanol–water partition coefficient (Wildman–Crippen LogP) is 3.18. The van der Waals surface area contributed by atoms with Gasteiger partial charge in [0, 0.05) is 18.3 Å². The summed E-state index contributed by atoms with van der Waals surface area (Å²) >= 11 is 5.76. The fraction of sp³-hybridized carbons (Fsp3) is 0.143. The van der Waals surface area contributed by atoms with Crippen molar-refractivity contribution in [2.75, 3.05) is 0 Å². The van der Waals surface area contributed by atoms with Crippen LogP contribution >= 0.6 is 11.6 Å². The van der Waals surface area contributed by atoms with E-state index in [9.17, 15) is 4.79 Å². The SMILES string of the molecule is O=C(OCc1ccccc1)c1cnccc1CCl. The van der Waals surface area contributed by atoms with E-state index in [1.807, 2.05) is 30.3 Å². The monoisotopic (exact) mass is 261 g/mol. The summed E-state index contributed by atoms with van der Waals surface area (Å²) in [5.74, 6) is -0.138. The molecule has 18 heavy (non-hydrogen) atoms. The van der Waals surface area contributed by atoms with Crippen LogP contribution in [0.2, 0.25) is 0 Å². The second kappa shape index (κ2) is 6.17. The minimum absolute atomic E-state index is 0.246.